The quantitative estimate of drug-likeness (QED) is 0.604. The molecule has 2 rings (SSSR count). The van der Waals surface area contributed by atoms with Gasteiger partial charge in [-0.25, -0.2) is 0 Å². The van der Waals surface area contributed by atoms with Crippen LogP contribution in [0.15, 0.2) is 24.3 Å². The van der Waals surface area contributed by atoms with Crippen LogP contribution in [0.3, 0.4) is 0 Å². The highest BCUT2D eigenvalue weighted by molar-refractivity contribution is 14.1. The molecule has 1 fully saturated rings. The Hall–Kier alpha value is -0.340. The number of amides is 1. The van der Waals surface area contributed by atoms with Gasteiger partial charge in [-0.2, -0.15) is 11.8 Å². The van der Waals surface area contributed by atoms with Crippen LogP contribution in [0.2, 0.25) is 0 Å². The number of nitrogens with zero attached hydrogens (tertiary/aromatic N) is 1. The Morgan fingerprint density at radius 3 is 2.60 bits per heavy atom. The Kier molecular flexibility index (Phi) is 5.30. The zero-order chi connectivity index (χ0) is 14.8. The SMILES string of the molecule is CSC1(C(N)=S)CCN(C(=O)c2cccc(I)c2)CC1. The van der Waals surface area contributed by atoms with Gasteiger partial charge in [-0.3, -0.25) is 4.79 Å². The van der Waals surface area contributed by atoms with Crippen molar-refractivity contribution in [3.63, 3.8) is 0 Å². The fourth-order valence-electron chi connectivity index (χ4n) is 2.43. The Labute approximate surface area is 142 Å². The lowest BCUT2D eigenvalue weighted by molar-refractivity contribution is 0.0719. The number of nitrogens with two attached hydrogens (primary N) is 1. The van der Waals surface area contributed by atoms with Crippen molar-refractivity contribution in [3.05, 3.63) is 33.4 Å². The van der Waals surface area contributed by atoms with Crippen LogP contribution in [0.25, 0.3) is 0 Å². The first kappa shape index (κ1) is 16.0. The van der Waals surface area contributed by atoms with E-state index in [4.69, 9.17) is 18.0 Å². The number of carbonyl (C=O) groups excluding carboxylic acids is 1. The predicted octanol–water partition coefficient (Wildman–Crippen LogP) is 2.92. The summed E-state index contributed by atoms with van der Waals surface area (Å²) in [6.45, 7) is 1.42. The van der Waals surface area contributed by atoms with Gasteiger partial charge in [0.15, 0.2) is 0 Å². The largest absolute Gasteiger partial charge is 0.392 e. The average Bonchev–Trinajstić information content (AvgIpc) is 2.46. The van der Waals surface area contributed by atoms with Gasteiger partial charge in [0, 0.05) is 22.2 Å². The van der Waals surface area contributed by atoms with Crippen LogP contribution in [0.1, 0.15) is 23.2 Å². The molecule has 1 aliphatic rings. The molecule has 1 aromatic carbocycles. The predicted molar refractivity (Wildman–Crippen MR) is 97.3 cm³/mol. The fourth-order valence-corrected chi connectivity index (χ4v) is 4.22. The van der Waals surface area contributed by atoms with Crippen LogP contribution in [-0.2, 0) is 0 Å². The van der Waals surface area contributed by atoms with Gasteiger partial charge in [-0.1, -0.05) is 18.3 Å². The lowest BCUT2D eigenvalue weighted by atomic mass is 9.95. The molecule has 0 aliphatic carbocycles. The van der Waals surface area contributed by atoms with E-state index in [1.54, 1.807) is 11.8 Å². The molecule has 6 heteroatoms. The molecule has 0 radical (unpaired) electrons. The van der Waals surface area contributed by atoms with E-state index >= 15 is 0 Å². The van der Waals surface area contributed by atoms with E-state index in [0.717, 1.165) is 22.0 Å². The van der Waals surface area contributed by atoms with Crippen LogP contribution >= 0.6 is 46.6 Å². The summed E-state index contributed by atoms with van der Waals surface area (Å²) >= 11 is 9.12. The van der Waals surface area contributed by atoms with Gasteiger partial charge in [-0.15, -0.1) is 0 Å². The molecular formula is C14H17IN2OS2. The number of benzene rings is 1. The molecule has 1 saturated heterocycles. The number of hydrogen-bond donors (Lipinski definition) is 1. The van der Waals surface area contributed by atoms with Crippen molar-refractivity contribution in [1.29, 1.82) is 0 Å². The standard InChI is InChI=1S/C14H17IN2OS2/c1-20-14(13(16)19)5-7-17(8-6-14)12(18)10-3-2-4-11(15)9-10/h2-4,9H,5-8H2,1H3,(H2,16,19). The van der Waals surface area contributed by atoms with Gasteiger partial charge in [-0.05, 0) is 59.9 Å². The van der Waals surface area contributed by atoms with Gasteiger partial charge >= 0.3 is 0 Å². The van der Waals surface area contributed by atoms with E-state index in [2.05, 4.69) is 22.6 Å². The molecule has 0 saturated carbocycles. The number of thiocarbonyl (C=S) groups is 1. The van der Waals surface area contributed by atoms with Gasteiger partial charge in [0.1, 0.15) is 0 Å². The molecule has 20 heavy (non-hydrogen) atoms. The number of halogens is 1. The summed E-state index contributed by atoms with van der Waals surface area (Å²) in [7, 11) is 0. The number of piperidine rings is 1. The van der Waals surface area contributed by atoms with E-state index in [9.17, 15) is 4.79 Å². The summed E-state index contributed by atoms with van der Waals surface area (Å²) in [5, 5.41) is 0. The third kappa shape index (κ3) is 3.28. The van der Waals surface area contributed by atoms with Crippen LogP contribution in [0.4, 0.5) is 0 Å². The van der Waals surface area contributed by atoms with Gasteiger partial charge in [0.2, 0.25) is 0 Å². The highest BCUT2D eigenvalue weighted by atomic mass is 127. The maximum atomic E-state index is 12.5. The summed E-state index contributed by atoms with van der Waals surface area (Å²) in [4.78, 5) is 14.9. The maximum absolute atomic E-state index is 12.5. The van der Waals surface area contributed by atoms with Crippen LogP contribution in [0.5, 0.6) is 0 Å². The first-order valence-electron chi connectivity index (χ1n) is 6.38. The number of likely N-dealkylation sites (tertiary alicyclic amines) is 1. The normalized spacial score (nSPS) is 17.8. The van der Waals surface area contributed by atoms with Gasteiger partial charge in [0.05, 0.1) is 9.74 Å². The summed E-state index contributed by atoms with van der Waals surface area (Å²) in [6, 6.07) is 7.70. The molecule has 3 nitrogen and oxygen atoms in total. The Bertz CT molecular complexity index is 528. The van der Waals surface area contributed by atoms with E-state index in [1.165, 1.54) is 0 Å². The van der Waals surface area contributed by atoms with Gasteiger partial charge in [0.25, 0.3) is 5.91 Å². The zero-order valence-electron chi connectivity index (χ0n) is 11.3. The third-order valence-electron chi connectivity index (χ3n) is 3.77. The van der Waals surface area contributed by atoms with Crippen molar-refractivity contribution < 1.29 is 4.79 Å². The van der Waals surface area contributed by atoms with Crippen LogP contribution in [0, 0.1) is 3.57 Å². The minimum absolute atomic E-state index is 0.0983. The van der Waals surface area contributed by atoms with E-state index < -0.39 is 0 Å². The Morgan fingerprint density at radius 1 is 1.45 bits per heavy atom. The van der Waals surface area contributed by atoms with E-state index in [0.29, 0.717) is 18.1 Å². The Morgan fingerprint density at radius 2 is 2.10 bits per heavy atom. The molecular weight excluding hydrogens is 403 g/mol. The molecule has 0 bridgehead atoms. The second-order valence-electron chi connectivity index (χ2n) is 4.87. The summed E-state index contributed by atoms with van der Waals surface area (Å²) in [6.07, 6.45) is 3.70. The lowest BCUT2D eigenvalue weighted by Crippen LogP contribution is -2.50. The van der Waals surface area contributed by atoms with Crippen molar-refractivity contribution in [1.82, 2.24) is 4.90 Å². The summed E-state index contributed by atoms with van der Waals surface area (Å²) in [5.41, 5.74) is 6.62. The zero-order valence-corrected chi connectivity index (χ0v) is 15.1. The topological polar surface area (TPSA) is 46.3 Å². The first-order chi connectivity index (χ1) is 9.48. The maximum Gasteiger partial charge on any atom is 0.253 e. The molecule has 1 heterocycles. The molecule has 1 aliphatic heterocycles. The highest BCUT2D eigenvalue weighted by Gasteiger charge is 2.37. The number of thioether (sulfide) groups is 1. The van der Waals surface area contributed by atoms with Crippen molar-refractivity contribution >= 4 is 57.5 Å². The van der Waals surface area contributed by atoms with Gasteiger partial charge < -0.3 is 10.6 Å². The Balaban J connectivity index is 2.07. The van der Waals surface area contributed by atoms with Crippen molar-refractivity contribution in [3.8, 4) is 0 Å². The number of carbonyl (C=O) groups is 1. The monoisotopic (exact) mass is 420 g/mol. The molecule has 0 spiro atoms. The summed E-state index contributed by atoms with van der Waals surface area (Å²) in [5.74, 6) is 0.0983. The molecule has 0 unspecified atom stereocenters. The molecule has 0 atom stereocenters. The second kappa shape index (κ2) is 6.62. The highest BCUT2D eigenvalue weighted by Crippen LogP contribution is 2.35. The van der Waals surface area contributed by atoms with Crippen molar-refractivity contribution in [2.45, 2.75) is 17.6 Å². The van der Waals surface area contributed by atoms with Crippen molar-refractivity contribution in [2.24, 2.45) is 5.73 Å². The van der Waals surface area contributed by atoms with E-state index in [-0.39, 0.29) is 10.7 Å². The van der Waals surface area contributed by atoms with Crippen molar-refractivity contribution in [2.75, 3.05) is 19.3 Å². The second-order valence-corrected chi connectivity index (χ2v) is 7.74. The average molecular weight is 420 g/mol. The van der Waals surface area contributed by atoms with E-state index in [1.807, 2.05) is 35.4 Å². The molecule has 0 aromatic heterocycles. The molecule has 1 aromatic rings. The van der Waals surface area contributed by atoms with Crippen LogP contribution in [-0.4, -0.2) is 39.9 Å². The minimum atomic E-state index is -0.142. The molecule has 108 valence electrons. The number of rotatable bonds is 3. The fraction of sp³-hybridized carbons (Fsp3) is 0.429. The smallest absolute Gasteiger partial charge is 0.253 e. The summed E-state index contributed by atoms with van der Waals surface area (Å²) < 4.78 is 0.934. The lowest BCUT2D eigenvalue weighted by Gasteiger charge is -2.40. The first-order valence-corrected chi connectivity index (χ1v) is 9.09. The molecule has 2 N–H and O–H groups in total. The third-order valence-corrected chi connectivity index (χ3v) is 6.37. The van der Waals surface area contributed by atoms with Crippen LogP contribution < -0.4 is 5.73 Å². The minimum Gasteiger partial charge on any atom is -0.392 e. The molecule has 1 amide bonds. The number of hydrogen-bond acceptors (Lipinski definition) is 3.